The molecular weight excluding hydrogens is 454 g/mol. The number of amides is 2. The van der Waals surface area contributed by atoms with E-state index in [0.717, 1.165) is 35.9 Å². The predicted octanol–water partition coefficient (Wildman–Crippen LogP) is 4.18. The van der Waals surface area contributed by atoms with Crippen LogP contribution in [0.4, 0.5) is 4.79 Å². The molecule has 2 fully saturated rings. The SMILES string of the molecule is CC[C@H](NC(=O)O[C@@H](CC1CCCCC1)C(=O)N1CCOCC1)C(=O)c1nc2ccccc2s1. The maximum Gasteiger partial charge on any atom is 0.408 e. The maximum atomic E-state index is 13.2. The van der Waals surface area contributed by atoms with Gasteiger partial charge >= 0.3 is 6.09 Å². The Labute approximate surface area is 204 Å². The number of aromatic nitrogens is 1. The molecule has 0 spiro atoms. The Balaban J connectivity index is 1.42. The Morgan fingerprint density at radius 2 is 1.91 bits per heavy atom. The van der Waals surface area contributed by atoms with Crippen molar-refractivity contribution >= 4 is 39.3 Å². The van der Waals surface area contributed by atoms with Crippen LogP contribution in [0.5, 0.6) is 0 Å². The lowest BCUT2D eigenvalue weighted by Gasteiger charge is -2.32. The van der Waals surface area contributed by atoms with E-state index in [9.17, 15) is 14.4 Å². The van der Waals surface area contributed by atoms with Crippen LogP contribution in [0.3, 0.4) is 0 Å². The van der Waals surface area contributed by atoms with Gasteiger partial charge in [-0.05, 0) is 30.9 Å². The summed E-state index contributed by atoms with van der Waals surface area (Å²) in [7, 11) is 0. The van der Waals surface area contributed by atoms with Gasteiger partial charge in [-0.1, -0.05) is 51.2 Å². The summed E-state index contributed by atoms with van der Waals surface area (Å²) < 4.78 is 12.0. The first kappa shape index (κ1) is 24.6. The van der Waals surface area contributed by atoms with E-state index in [-0.39, 0.29) is 11.7 Å². The van der Waals surface area contributed by atoms with Crippen LogP contribution in [0.25, 0.3) is 10.2 Å². The molecule has 1 aromatic carbocycles. The van der Waals surface area contributed by atoms with Crippen molar-refractivity contribution in [1.29, 1.82) is 0 Å². The average Bonchev–Trinajstić information content (AvgIpc) is 3.31. The molecule has 34 heavy (non-hydrogen) atoms. The third-order valence-electron chi connectivity index (χ3n) is 6.64. The van der Waals surface area contributed by atoms with E-state index < -0.39 is 18.2 Å². The van der Waals surface area contributed by atoms with Crippen LogP contribution in [-0.4, -0.2) is 66.1 Å². The van der Waals surface area contributed by atoms with Crippen molar-refractivity contribution in [2.75, 3.05) is 26.3 Å². The predicted molar refractivity (Wildman–Crippen MR) is 130 cm³/mol. The van der Waals surface area contributed by atoms with E-state index in [1.165, 1.54) is 17.8 Å². The van der Waals surface area contributed by atoms with Crippen molar-refractivity contribution in [1.82, 2.24) is 15.2 Å². The number of ketones is 1. The molecule has 0 radical (unpaired) electrons. The Hall–Kier alpha value is -2.52. The number of fused-ring (bicyclic) bond motifs is 1. The number of carbonyl (C=O) groups is 3. The van der Waals surface area contributed by atoms with Crippen LogP contribution in [-0.2, 0) is 14.3 Å². The molecule has 0 unspecified atom stereocenters. The number of nitrogens with zero attached hydrogens (tertiary/aromatic N) is 2. The van der Waals surface area contributed by atoms with E-state index >= 15 is 0 Å². The number of rotatable bonds is 8. The number of hydrogen-bond donors (Lipinski definition) is 1. The number of hydrogen-bond acceptors (Lipinski definition) is 7. The largest absolute Gasteiger partial charge is 0.436 e. The summed E-state index contributed by atoms with van der Waals surface area (Å²) >= 11 is 1.31. The van der Waals surface area contributed by atoms with Crippen LogP contribution in [0.2, 0.25) is 0 Å². The summed E-state index contributed by atoms with van der Waals surface area (Å²) in [4.78, 5) is 45.3. The number of nitrogens with one attached hydrogen (secondary N) is 1. The first-order valence-electron chi connectivity index (χ1n) is 12.3. The lowest BCUT2D eigenvalue weighted by molar-refractivity contribution is -0.145. The number of morpholine rings is 1. The van der Waals surface area contributed by atoms with Crippen LogP contribution in [0, 0.1) is 5.92 Å². The van der Waals surface area contributed by atoms with Gasteiger partial charge in [0.2, 0.25) is 5.78 Å². The molecule has 2 heterocycles. The highest BCUT2D eigenvalue weighted by Crippen LogP contribution is 2.29. The molecule has 4 rings (SSSR count). The van der Waals surface area contributed by atoms with Gasteiger partial charge in [0.15, 0.2) is 11.1 Å². The van der Waals surface area contributed by atoms with Crippen molar-refractivity contribution in [3.8, 4) is 0 Å². The molecule has 184 valence electrons. The summed E-state index contributed by atoms with van der Waals surface area (Å²) in [5.74, 6) is -0.0542. The Kier molecular flexibility index (Phi) is 8.50. The van der Waals surface area contributed by atoms with Crippen molar-refractivity contribution in [2.24, 2.45) is 5.92 Å². The third-order valence-corrected chi connectivity index (χ3v) is 7.69. The molecule has 8 nitrogen and oxygen atoms in total. The number of benzene rings is 1. The molecule has 1 aliphatic carbocycles. The molecule has 1 aromatic heterocycles. The second-order valence-electron chi connectivity index (χ2n) is 9.03. The van der Waals surface area contributed by atoms with Crippen molar-refractivity contribution < 1.29 is 23.9 Å². The topological polar surface area (TPSA) is 97.8 Å². The summed E-state index contributed by atoms with van der Waals surface area (Å²) in [5.41, 5.74) is 0.761. The normalized spacial score (nSPS) is 18.9. The van der Waals surface area contributed by atoms with Gasteiger partial charge in [-0.2, -0.15) is 0 Å². The summed E-state index contributed by atoms with van der Waals surface area (Å²) in [6.45, 7) is 3.80. The Morgan fingerprint density at radius 1 is 1.18 bits per heavy atom. The van der Waals surface area contributed by atoms with Crippen molar-refractivity contribution in [3.63, 3.8) is 0 Å². The Morgan fingerprint density at radius 3 is 2.62 bits per heavy atom. The Bertz CT molecular complexity index is 964. The summed E-state index contributed by atoms with van der Waals surface area (Å²) in [6.07, 6.45) is 4.93. The molecule has 1 saturated heterocycles. The number of alkyl carbamates (subject to hydrolysis) is 1. The lowest BCUT2D eigenvalue weighted by Crippen LogP contribution is -2.49. The average molecular weight is 488 g/mol. The van der Waals surface area contributed by atoms with Crippen LogP contribution in [0.15, 0.2) is 24.3 Å². The summed E-state index contributed by atoms with van der Waals surface area (Å²) in [5, 5.41) is 3.05. The quantitative estimate of drug-likeness (QED) is 0.561. The van der Waals surface area contributed by atoms with Gasteiger partial charge in [-0.25, -0.2) is 9.78 Å². The van der Waals surface area contributed by atoms with E-state index in [1.807, 2.05) is 31.2 Å². The first-order chi connectivity index (χ1) is 16.5. The monoisotopic (exact) mass is 487 g/mol. The number of ether oxygens (including phenoxy) is 2. The van der Waals surface area contributed by atoms with Gasteiger partial charge in [0, 0.05) is 13.1 Å². The van der Waals surface area contributed by atoms with Gasteiger partial charge in [0.25, 0.3) is 5.91 Å². The van der Waals surface area contributed by atoms with Crippen molar-refractivity contribution in [2.45, 2.75) is 64.0 Å². The zero-order valence-corrected chi connectivity index (χ0v) is 20.5. The molecule has 1 N–H and O–H groups in total. The van der Waals surface area contributed by atoms with Gasteiger partial charge in [0.05, 0.1) is 29.5 Å². The fourth-order valence-corrected chi connectivity index (χ4v) is 5.66. The zero-order valence-electron chi connectivity index (χ0n) is 19.7. The van der Waals surface area contributed by atoms with E-state index in [4.69, 9.17) is 9.47 Å². The van der Waals surface area contributed by atoms with Gasteiger partial charge in [0.1, 0.15) is 0 Å². The molecule has 2 amide bonds. The fourth-order valence-electron chi connectivity index (χ4n) is 4.70. The smallest absolute Gasteiger partial charge is 0.408 e. The third kappa shape index (κ3) is 6.13. The lowest BCUT2D eigenvalue weighted by atomic mass is 9.85. The van der Waals surface area contributed by atoms with Crippen molar-refractivity contribution in [3.05, 3.63) is 29.3 Å². The first-order valence-corrected chi connectivity index (χ1v) is 13.1. The number of thiazole rings is 1. The highest BCUT2D eigenvalue weighted by molar-refractivity contribution is 7.20. The van der Waals surface area contributed by atoms with E-state index in [0.29, 0.717) is 50.1 Å². The molecule has 1 saturated carbocycles. The highest BCUT2D eigenvalue weighted by Gasteiger charge is 2.33. The second kappa shape index (κ2) is 11.8. The van der Waals surface area contributed by atoms with Crippen LogP contribution >= 0.6 is 11.3 Å². The zero-order chi connectivity index (χ0) is 23.9. The number of carbonyl (C=O) groups excluding carboxylic acids is 3. The maximum absolute atomic E-state index is 13.2. The number of para-hydroxylation sites is 1. The molecule has 2 aliphatic rings. The van der Waals surface area contributed by atoms with Gasteiger partial charge in [-0.3, -0.25) is 9.59 Å². The molecule has 2 atom stereocenters. The molecule has 1 aliphatic heterocycles. The number of Topliss-reactive ketones (excluding diaryl/α,β-unsaturated/α-hetero) is 1. The molecular formula is C25H33N3O5S. The minimum absolute atomic E-state index is 0.172. The fraction of sp³-hybridized carbons (Fsp3) is 0.600. The minimum atomic E-state index is -0.851. The van der Waals surface area contributed by atoms with Gasteiger partial charge in [-0.15, -0.1) is 11.3 Å². The molecule has 9 heteroatoms. The highest BCUT2D eigenvalue weighted by atomic mass is 32.1. The minimum Gasteiger partial charge on any atom is -0.436 e. The van der Waals surface area contributed by atoms with Gasteiger partial charge < -0.3 is 19.7 Å². The standard InChI is InChI=1S/C25H33N3O5S/c1-2-18(22(29)23-26-19-10-6-7-11-21(19)34-23)27-25(31)33-20(16-17-8-4-3-5-9-17)24(30)28-12-14-32-15-13-28/h6-7,10-11,17-18,20H,2-5,8-9,12-16H2,1H3,(H,27,31)/t18-,20-/m0/s1. The van der Waals surface area contributed by atoms with E-state index in [2.05, 4.69) is 10.3 Å². The van der Waals surface area contributed by atoms with Crippen LogP contribution < -0.4 is 5.32 Å². The van der Waals surface area contributed by atoms with Crippen LogP contribution in [0.1, 0.15) is 61.7 Å². The second-order valence-corrected chi connectivity index (χ2v) is 10.1. The molecule has 0 bridgehead atoms. The summed E-state index contributed by atoms with van der Waals surface area (Å²) in [6, 6.07) is 6.79. The molecule has 2 aromatic rings. The van der Waals surface area contributed by atoms with E-state index in [1.54, 1.807) is 4.90 Å².